The zero-order valence-corrected chi connectivity index (χ0v) is 18.3. The van der Waals surface area contributed by atoms with Gasteiger partial charge in [-0.3, -0.25) is 14.4 Å². The van der Waals surface area contributed by atoms with Crippen molar-refractivity contribution in [2.45, 2.75) is 20.0 Å². The maximum absolute atomic E-state index is 12.3. The van der Waals surface area contributed by atoms with E-state index in [0.29, 0.717) is 52.2 Å². The van der Waals surface area contributed by atoms with Gasteiger partial charge in [0.1, 0.15) is 5.69 Å². The predicted octanol–water partition coefficient (Wildman–Crippen LogP) is 4.02. The van der Waals surface area contributed by atoms with Crippen LogP contribution in [0.5, 0.6) is 0 Å². The van der Waals surface area contributed by atoms with Crippen LogP contribution in [0.15, 0.2) is 36.4 Å². The highest BCUT2D eigenvalue weighted by Crippen LogP contribution is 2.32. The van der Waals surface area contributed by atoms with E-state index in [0.717, 1.165) is 23.5 Å². The van der Waals surface area contributed by atoms with Gasteiger partial charge in [-0.25, -0.2) is 0 Å². The molecule has 7 nitrogen and oxygen atoms in total. The Bertz CT molecular complexity index is 1210. The first kappa shape index (κ1) is 21.2. The van der Waals surface area contributed by atoms with Crippen LogP contribution in [-0.4, -0.2) is 33.8 Å². The maximum Gasteiger partial charge on any atom is 0.252 e. The monoisotopic (exact) mass is 454 g/mol. The molecule has 31 heavy (non-hydrogen) atoms. The largest absolute Gasteiger partial charge is 0.372 e. The smallest absolute Gasteiger partial charge is 0.252 e. The number of fused-ring (bicyclic) bond motifs is 1. The summed E-state index contributed by atoms with van der Waals surface area (Å²) >= 11 is 12.2. The predicted molar refractivity (Wildman–Crippen MR) is 121 cm³/mol. The lowest BCUT2D eigenvalue weighted by Gasteiger charge is -2.28. The van der Waals surface area contributed by atoms with Crippen molar-refractivity contribution in [1.29, 1.82) is 5.26 Å². The van der Waals surface area contributed by atoms with E-state index in [1.54, 1.807) is 24.3 Å². The Morgan fingerprint density at radius 1 is 1.23 bits per heavy atom. The standard InChI is InChI=1S/C22H20Cl2N6O/c1-13-8-16(4-2-15(13)10-25)27-12-29-6-7-30-19(11-29)20(22(26)31)21(28-30)14-3-5-17(23)18(24)9-14/h2-5,8-9,27H,6-7,11-12H2,1H3,(H2,26,31). The highest BCUT2D eigenvalue weighted by molar-refractivity contribution is 6.42. The minimum atomic E-state index is -0.528. The zero-order chi connectivity index (χ0) is 22.1. The summed E-state index contributed by atoms with van der Waals surface area (Å²) in [5.74, 6) is -0.528. The molecule has 1 aliphatic heterocycles. The molecule has 0 saturated heterocycles. The first-order chi connectivity index (χ1) is 14.9. The van der Waals surface area contributed by atoms with Crippen LogP contribution in [-0.2, 0) is 13.1 Å². The number of anilines is 1. The van der Waals surface area contributed by atoms with Crippen molar-refractivity contribution in [3.8, 4) is 17.3 Å². The number of nitrogens with zero attached hydrogens (tertiary/aromatic N) is 4. The Hall–Kier alpha value is -3.05. The molecule has 1 aromatic heterocycles. The summed E-state index contributed by atoms with van der Waals surface area (Å²) in [6.07, 6.45) is 0. The van der Waals surface area contributed by atoms with E-state index >= 15 is 0 Å². The normalized spacial score (nSPS) is 13.5. The second-order valence-corrected chi connectivity index (χ2v) is 8.23. The number of halogens is 2. The third kappa shape index (κ3) is 4.23. The average molecular weight is 455 g/mol. The highest BCUT2D eigenvalue weighted by atomic mass is 35.5. The molecule has 9 heteroatoms. The Balaban J connectivity index is 1.56. The molecule has 1 amide bonds. The maximum atomic E-state index is 12.3. The average Bonchev–Trinajstić information content (AvgIpc) is 3.13. The second kappa shape index (κ2) is 8.60. The summed E-state index contributed by atoms with van der Waals surface area (Å²) in [7, 11) is 0. The first-order valence-electron chi connectivity index (χ1n) is 9.69. The summed E-state index contributed by atoms with van der Waals surface area (Å²) < 4.78 is 1.83. The number of hydrogen-bond donors (Lipinski definition) is 2. The van der Waals surface area contributed by atoms with Crippen molar-refractivity contribution in [3.05, 3.63) is 68.8 Å². The van der Waals surface area contributed by atoms with E-state index in [9.17, 15) is 4.79 Å². The van der Waals surface area contributed by atoms with E-state index in [-0.39, 0.29) is 0 Å². The van der Waals surface area contributed by atoms with Crippen LogP contribution in [0.1, 0.15) is 27.2 Å². The molecule has 0 saturated carbocycles. The van der Waals surface area contributed by atoms with E-state index in [4.69, 9.17) is 34.2 Å². The number of nitriles is 1. The van der Waals surface area contributed by atoms with Crippen molar-refractivity contribution in [1.82, 2.24) is 14.7 Å². The zero-order valence-electron chi connectivity index (χ0n) is 16.8. The molecule has 3 aromatic rings. The summed E-state index contributed by atoms with van der Waals surface area (Å²) in [6, 6.07) is 13.0. The van der Waals surface area contributed by atoms with Crippen LogP contribution in [0.25, 0.3) is 11.3 Å². The number of primary amides is 1. The van der Waals surface area contributed by atoms with Crippen molar-refractivity contribution in [3.63, 3.8) is 0 Å². The third-order valence-corrected chi connectivity index (χ3v) is 6.09. The molecule has 4 rings (SSSR count). The molecule has 0 atom stereocenters. The lowest BCUT2D eigenvalue weighted by Crippen LogP contribution is -2.38. The number of nitrogens with two attached hydrogens (primary N) is 1. The van der Waals surface area contributed by atoms with Gasteiger partial charge < -0.3 is 11.1 Å². The summed E-state index contributed by atoms with van der Waals surface area (Å²) in [5, 5.41) is 17.9. The number of aryl methyl sites for hydroxylation is 1. The van der Waals surface area contributed by atoms with Gasteiger partial charge in [0.05, 0.1) is 46.1 Å². The van der Waals surface area contributed by atoms with Gasteiger partial charge in [-0.05, 0) is 42.8 Å². The van der Waals surface area contributed by atoms with Crippen molar-refractivity contribution >= 4 is 34.8 Å². The van der Waals surface area contributed by atoms with Crippen LogP contribution in [0.3, 0.4) is 0 Å². The Labute approximate surface area is 190 Å². The van der Waals surface area contributed by atoms with Gasteiger partial charge in [0.15, 0.2) is 0 Å². The van der Waals surface area contributed by atoms with Gasteiger partial charge >= 0.3 is 0 Å². The molecule has 0 aliphatic carbocycles. The number of amides is 1. The molecule has 2 heterocycles. The molecule has 2 aromatic carbocycles. The Kier molecular flexibility index (Phi) is 5.88. The van der Waals surface area contributed by atoms with E-state index < -0.39 is 5.91 Å². The summed E-state index contributed by atoms with van der Waals surface area (Å²) in [4.78, 5) is 14.5. The third-order valence-electron chi connectivity index (χ3n) is 5.35. The van der Waals surface area contributed by atoms with Crippen molar-refractivity contribution in [2.75, 3.05) is 18.5 Å². The molecule has 3 N–H and O–H groups in total. The molecular formula is C22H20Cl2N6O. The molecule has 158 valence electrons. The lowest BCUT2D eigenvalue weighted by molar-refractivity contribution is 0.0997. The second-order valence-electron chi connectivity index (χ2n) is 7.42. The number of carbonyl (C=O) groups excluding carboxylic acids is 1. The van der Waals surface area contributed by atoms with Crippen molar-refractivity contribution < 1.29 is 4.79 Å². The van der Waals surface area contributed by atoms with Crippen LogP contribution in [0, 0.1) is 18.3 Å². The minimum absolute atomic E-state index is 0.393. The van der Waals surface area contributed by atoms with Gasteiger partial charge in [-0.15, -0.1) is 0 Å². The number of hydrogen-bond acceptors (Lipinski definition) is 5. The van der Waals surface area contributed by atoms with Gasteiger partial charge in [0.2, 0.25) is 0 Å². The summed E-state index contributed by atoms with van der Waals surface area (Å²) in [5.41, 5.74) is 10.6. The fraction of sp³-hybridized carbons (Fsp3) is 0.227. The highest BCUT2D eigenvalue weighted by Gasteiger charge is 2.27. The molecular weight excluding hydrogens is 435 g/mol. The SMILES string of the molecule is Cc1cc(NCN2CCn3nc(-c4ccc(Cl)c(Cl)c4)c(C(N)=O)c3C2)ccc1C#N. The first-order valence-corrected chi connectivity index (χ1v) is 10.4. The quantitative estimate of drug-likeness (QED) is 0.606. The topological polar surface area (TPSA) is 100.0 Å². The van der Waals surface area contributed by atoms with Crippen LogP contribution >= 0.6 is 23.2 Å². The van der Waals surface area contributed by atoms with E-state index in [2.05, 4.69) is 21.4 Å². The van der Waals surface area contributed by atoms with Gasteiger partial charge in [-0.1, -0.05) is 29.3 Å². The minimum Gasteiger partial charge on any atom is -0.372 e. The number of rotatable bonds is 5. The van der Waals surface area contributed by atoms with Crippen LogP contribution < -0.4 is 11.1 Å². The van der Waals surface area contributed by atoms with Gasteiger partial charge in [0, 0.05) is 24.3 Å². The molecule has 0 radical (unpaired) electrons. The van der Waals surface area contributed by atoms with Gasteiger partial charge in [0.25, 0.3) is 5.91 Å². The molecule has 0 bridgehead atoms. The molecule has 0 fully saturated rings. The van der Waals surface area contributed by atoms with Gasteiger partial charge in [-0.2, -0.15) is 10.4 Å². The molecule has 0 spiro atoms. The fourth-order valence-corrected chi connectivity index (χ4v) is 4.01. The number of aromatic nitrogens is 2. The summed E-state index contributed by atoms with van der Waals surface area (Å²) in [6.45, 7) is 4.40. The van der Waals surface area contributed by atoms with Crippen molar-refractivity contribution in [2.24, 2.45) is 5.73 Å². The lowest BCUT2D eigenvalue weighted by atomic mass is 10.0. The Morgan fingerprint density at radius 3 is 2.71 bits per heavy atom. The number of nitrogens with one attached hydrogen (secondary N) is 1. The number of carbonyl (C=O) groups is 1. The number of benzene rings is 2. The fourth-order valence-electron chi connectivity index (χ4n) is 3.71. The molecule has 1 aliphatic rings. The van der Waals surface area contributed by atoms with E-state index in [1.807, 2.05) is 23.7 Å². The Morgan fingerprint density at radius 2 is 2.03 bits per heavy atom. The van der Waals surface area contributed by atoms with E-state index in [1.165, 1.54) is 0 Å². The van der Waals surface area contributed by atoms with Crippen LogP contribution in [0.4, 0.5) is 5.69 Å². The van der Waals surface area contributed by atoms with Crippen LogP contribution in [0.2, 0.25) is 10.0 Å². The molecule has 0 unspecified atom stereocenters.